The van der Waals surface area contributed by atoms with E-state index in [2.05, 4.69) is 15.5 Å². The largest absolute Gasteiger partial charge is 0.484 e. The molecule has 2 aliphatic rings. The van der Waals surface area contributed by atoms with Crippen LogP contribution in [0.2, 0.25) is 5.02 Å². The fraction of sp³-hybridized carbons (Fsp3) is 0.263. The zero-order chi connectivity index (χ0) is 18.1. The normalized spacial score (nSPS) is 20.8. The van der Waals surface area contributed by atoms with Crippen molar-refractivity contribution < 1.29 is 14.3 Å². The van der Waals surface area contributed by atoms with Crippen LogP contribution in [0.25, 0.3) is 0 Å². The number of fused-ring (bicyclic) bond motifs is 3. The van der Waals surface area contributed by atoms with E-state index >= 15 is 0 Å². The number of benzene rings is 2. The van der Waals surface area contributed by atoms with Crippen LogP contribution in [0.1, 0.15) is 6.42 Å². The monoisotopic (exact) mass is 371 g/mol. The summed E-state index contributed by atoms with van der Waals surface area (Å²) in [6, 6.07) is 14.2. The van der Waals surface area contributed by atoms with E-state index in [4.69, 9.17) is 16.3 Å². The van der Waals surface area contributed by atoms with Gasteiger partial charge in [0.15, 0.2) is 6.61 Å². The maximum Gasteiger partial charge on any atom is 0.258 e. The minimum atomic E-state index is -0.257. The fourth-order valence-corrected chi connectivity index (χ4v) is 3.58. The molecule has 4 rings (SSSR count). The molecule has 0 saturated carbocycles. The fourth-order valence-electron chi connectivity index (χ4n) is 3.45. The quantitative estimate of drug-likeness (QED) is 0.866. The summed E-state index contributed by atoms with van der Waals surface area (Å²) < 4.78 is 5.47. The number of hydrogen-bond donors (Lipinski definition) is 2. The summed E-state index contributed by atoms with van der Waals surface area (Å²) in [6.45, 7) is 0.521. The van der Waals surface area contributed by atoms with Gasteiger partial charge in [0.2, 0.25) is 5.91 Å². The van der Waals surface area contributed by atoms with Crippen LogP contribution in [0.5, 0.6) is 5.75 Å². The molecule has 2 atom stereocenters. The number of para-hydroxylation sites is 2. The first kappa shape index (κ1) is 16.7. The Kier molecular flexibility index (Phi) is 4.42. The molecule has 6 nitrogen and oxygen atoms in total. The molecule has 0 aromatic heterocycles. The zero-order valence-electron chi connectivity index (χ0n) is 13.9. The average molecular weight is 372 g/mol. The Hall–Kier alpha value is -2.73. The van der Waals surface area contributed by atoms with E-state index in [1.165, 1.54) is 0 Å². The summed E-state index contributed by atoms with van der Waals surface area (Å²) in [6.07, 6.45) is 0.576. The Balaban J connectivity index is 1.36. The second-order valence-electron chi connectivity index (χ2n) is 6.42. The van der Waals surface area contributed by atoms with Crippen molar-refractivity contribution in [3.8, 4) is 5.75 Å². The van der Waals surface area contributed by atoms with Crippen LogP contribution in [-0.2, 0) is 9.59 Å². The number of halogens is 1. The Bertz CT molecular complexity index is 840. The smallest absolute Gasteiger partial charge is 0.258 e. The number of ether oxygens (including phenoxy) is 1. The molecule has 2 heterocycles. The SMILES string of the molecule is O=C(COc1ccc(Cl)cc1)N[C@@H]1C[C@@H]2C(=O)Nc3ccccc3N2C1. The van der Waals surface area contributed by atoms with Crippen molar-refractivity contribution in [3.05, 3.63) is 53.6 Å². The standard InChI is InChI=1S/C19H18ClN3O3/c20-12-5-7-14(8-6-12)26-11-18(24)21-13-9-17-19(25)22-15-3-1-2-4-16(15)23(17)10-13/h1-8,13,17H,9-11H2,(H,21,24)(H,22,25)/t13-,17-/m1/s1. The lowest BCUT2D eigenvalue weighted by molar-refractivity contribution is -0.124. The van der Waals surface area contributed by atoms with E-state index in [9.17, 15) is 9.59 Å². The minimum Gasteiger partial charge on any atom is -0.484 e. The molecule has 2 aromatic carbocycles. The van der Waals surface area contributed by atoms with Crippen molar-refractivity contribution in [2.24, 2.45) is 0 Å². The molecule has 1 saturated heterocycles. The van der Waals surface area contributed by atoms with Crippen LogP contribution in [0.15, 0.2) is 48.5 Å². The molecule has 0 radical (unpaired) electrons. The van der Waals surface area contributed by atoms with Crippen LogP contribution in [0.3, 0.4) is 0 Å². The van der Waals surface area contributed by atoms with E-state index in [0.29, 0.717) is 23.7 Å². The van der Waals surface area contributed by atoms with Crippen molar-refractivity contribution in [3.63, 3.8) is 0 Å². The van der Waals surface area contributed by atoms with E-state index in [0.717, 1.165) is 11.4 Å². The van der Waals surface area contributed by atoms with E-state index in [1.54, 1.807) is 24.3 Å². The van der Waals surface area contributed by atoms with Crippen LogP contribution in [-0.4, -0.2) is 37.0 Å². The molecule has 2 aromatic rings. The Morgan fingerprint density at radius 2 is 2.00 bits per heavy atom. The first-order valence-corrected chi connectivity index (χ1v) is 8.82. The molecule has 0 unspecified atom stereocenters. The molecule has 2 N–H and O–H groups in total. The molecule has 1 fully saturated rings. The highest BCUT2D eigenvalue weighted by Crippen LogP contribution is 2.36. The van der Waals surface area contributed by atoms with Gasteiger partial charge in [-0.25, -0.2) is 0 Å². The van der Waals surface area contributed by atoms with Crippen LogP contribution in [0.4, 0.5) is 11.4 Å². The predicted molar refractivity (Wildman–Crippen MR) is 99.7 cm³/mol. The number of carbonyl (C=O) groups is 2. The van der Waals surface area contributed by atoms with Crippen LogP contribution in [0, 0.1) is 0 Å². The first-order chi connectivity index (χ1) is 12.6. The van der Waals surface area contributed by atoms with Gasteiger partial charge in [0.05, 0.1) is 11.4 Å². The molecule has 0 spiro atoms. The molecular weight excluding hydrogens is 354 g/mol. The summed E-state index contributed by atoms with van der Waals surface area (Å²) >= 11 is 5.82. The third-order valence-corrected chi connectivity index (χ3v) is 4.88. The van der Waals surface area contributed by atoms with Gasteiger partial charge in [-0.05, 0) is 42.8 Å². The van der Waals surface area contributed by atoms with E-state index < -0.39 is 0 Å². The summed E-state index contributed by atoms with van der Waals surface area (Å²) in [5, 5.41) is 6.50. The number of nitrogens with one attached hydrogen (secondary N) is 2. The molecule has 2 amide bonds. The zero-order valence-corrected chi connectivity index (χ0v) is 14.7. The van der Waals surface area contributed by atoms with Gasteiger partial charge in [-0.1, -0.05) is 23.7 Å². The van der Waals surface area contributed by atoms with Crippen molar-refractivity contribution in [1.29, 1.82) is 0 Å². The van der Waals surface area contributed by atoms with Crippen molar-refractivity contribution in [2.75, 3.05) is 23.4 Å². The van der Waals surface area contributed by atoms with Crippen molar-refractivity contribution in [2.45, 2.75) is 18.5 Å². The van der Waals surface area contributed by atoms with E-state index in [1.807, 2.05) is 24.3 Å². The highest BCUT2D eigenvalue weighted by Gasteiger charge is 2.41. The summed E-state index contributed by atoms with van der Waals surface area (Å²) in [4.78, 5) is 26.6. The molecule has 134 valence electrons. The second-order valence-corrected chi connectivity index (χ2v) is 6.85. The van der Waals surface area contributed by atoms with Gasteiger partial charge < -0.3 is 20.3 Å². The van der Waals surface area contributed by atoms with Gasteiger partial charge in [-0.3, -0.25) is 9.59 Å². The average Bonchev–Trinajstić information content (AvgIpc) is 3.06. The van der Waals surface area contributed by atoms with Gasteiger partial charge in [0, 0.05) is 17.6 Å². The third kappa shape index (κ3) is 3.32. The lowest BCUT2D eigenvalue weighted by atomic mass is 10.1. The molecule has 0 bridgehead atoms. The van der Waals surface area contributed by atoms with E-state index in [-0.39, 0.29) is 30.5 Å². The molecule has 0 aliphatic carbocycles. The number of rotatable bonds is 4. The second kappa shape index (κ2) is 6.88. The minimum absolute atomic E-state index is 0.0298. The maximum atomic E-state index is 12.3. The number of anilines is 2. The number of amides is 2. The number of nitrogens with zero attached hydrogens (tertiary/aromatic N) is 1. The summed E-state index contributed by atoms with van der Waals surface area (Å²) in [5.74, 6) is 0.345. The van der Waals surface area contributed by atoms with Crippen LogP contribution >= 0.6 is 11.6 Å². The highest BCUT2D eigenvalue weighted by atomic mass is 35.5. The number of hydrogen-bond acceptors (Lipinski definition) is 4. The molecular formula is C19H18ClN3O3. The lowest BCUT2D eigenvalue weighted by Gasteiger charge is -2.32. The highest BCUT2D eigenvalue weighted by molar-refractivity contribution is 6.30. The van der Waals surface area contributed by atoms with Crippen molar-refractivity contribution >= 4 is 34.8 Å². The molecule has 2 aliphatic heterocycles. The van der Waals surface area contributed by atoms with Crippen molar-refractivity contribution in [1.82, 2.24) is 5.32 Å². The Labute approximate surface area is 156 Å². The van der Waals surface area contributed by atoms with Crippen LogP contribution < -0.4 is 20.3 Å². The van der Waals surface area contributed by atoms with Gasteiger partial charge in [0.25, 0.3) is 5.91 Å². The predicted octanol–water partition coefficient (Wildman–Crippen LogP) is 2.43. The molecule has 7 heteroatoms. The molecule has 26 heavy (non-hydrogen) atoms. The summed E-state index contributed by atoms with van der Waals surface area (Å²) in [7, 11) is 0. The van der Waals surface area contributed by atoms with Gasteiger partial charge in [-0.15, -0.1) is 0 Å². The summed E-state index contributed by atoms with van der Waals surface area (Å²) in [5.41, 5.74) is 1.80. The maximum absolute atomic E-state index is 12.3. The first-order valence-electron chi connectivity index (χ1n) is 8.44. The van der Waals surface area contributed by atoms with Gasteiger partial charge in [-0.2, -0.15) is 0 Å². The van der Waals surface area contributed by atoms with Gasteiger partial charge >= 0.3 is 0 Å². The number of carbonyl (C=O) groups excluding carboxylic acids is 2. The third-order valence-electron chi connectivity index (χ3n) is 4.62. The Morgan fingerprint density at radius 1 is 1.23 bits per heavy atom. The van der Waals surface area contributed by atoms with Gasteiger partial charge in [0.1, 0.15) is 11.8 Å². The lowest BCUT2D eigenvalue weighted by Crippen LogP contribution is -2.44. The topological polar surface area (TPSA) is 70.7 Å². The Morgan fingerprint density at radius 3 is 2.81 bits per heavy atom.